The Labute approximate surface area is 114 Å². The van der Waals surface area contributed by atoms with Gasteiger partial charge in [-0.3, -0.25) is 0 Å². The third-order valence-corrected chi connectivity index (χ3v) is 4.23. The van der Waals surface area contributed by atoms with Gasteiger partial charge in [0.1, 0.15) is 0 Å². The zero-order chi connectivity index (χ0) is 13.0. The van der Waals surface area contributed by atoms with Crippen molar-refractivity contribution in [2.45, 2.75) is 18.8 Å². The number of nitrogens with two attached hydrogens (primary N) is 1. The summed E-state index contributed by atoms with van der Waals surface area (Å²) in [6.45, 7) is 0. The van der Waals surface area contributed by atoms with Crippen molar-refractivity contribution in [1.29, 1.82) is 0 Å². The molecule has 0 amide bonds. The third-order valence-electron chi connectivity index (χ3n) is 3.39. The lowest BCUT2D eigenvalue weighted by atomic mass is 10.2. The van der Waals surface area contributed by atoms with Gasteiger partial charge in [0.2, 0.25) is 0 Å². The second-order valence-corrected chi connectivity index (χ2v) is 5.99. The molecule has 0 atom stereocenters. The number of fused-ring (bicyclic) bond motifs is 1. The van der Waals surface area contributed by atoms with E-state index in [0.717, 1.165) is 27.4 Å². The molecule has 1 aromatic carbocycles. The summed E-state index contributed by atoms with van der Waals surface area (Å²) in [5, 5.41) is 5.10. The molecule has 4 rings (SSSR count). The Morgan fingerprint density at radius 2 is 2.16 bits per heavy atom. The van der Waals surface area contributed by atoms with Gasteiger partial charge in [0.15, 0.2) is 16.8 Å². The number of nitrogens with zero attached hydrogens (tertiary/aromatic N) is 4. The van der Waals surface area contributed by atoms with E-state index in [4.69, 9.17) is 5.73 Å². The highest BCUT2D eigenvalue weighted by Gasteiger charge is 2.28. The van der Waals surface area contributed by atoms with Crippen LogP contribution in [0.4, 0.5) is 5.13 Å². The van der Waals surface area contributed by atoms with Gasteiger partial charge in [0.05, 0.1) is 10.2 Å². The summed E-state index contributed by atoms with van der Waals surface area (Å²) in [4.78, 5) is 8.93. The number of anilines is 1. The summed E-state index contributed by atoms with van der Waals surface area (Å²) in [5.41, 5.74) is 7.74. The van der Waals surface area contributed by atoms with Gasteiger partial charge in [-0.15, -0.1) is 0 Å². The zero-order valence-corrected chi connectivity index (χ0v) is 11.3. The largest absolute Gasteiger partial charge is 0.375 e. The summed E-state index contributed by atoms with van der Waals surface area (Å²) in [6.07, 6.45) is 2.43. The molecule has 2 aromatic heterocycles. The summed E-state index contributed by atoms with van der Waals surface area (Å²) in [6, 6.07) is 6.11. The van der Waals surface area contributed by atoms with Gasteiger partial charge in [-0.2, -0.15) is 5.10 Å². The number of thiazole rings is 1. The molecule has 6 heteroatoms. The summed E-state index contributed by atoms with van der Waals surface area (Å²) in [7, 11) is 1.94. The molecule has 1 aliphatic rings. The Bertz CT molecular complexity index is 769. The van der Waals surface area contributed by atoms with Crippen molar-refractivity contribution >= 4 is 26.7 Å². The van der Waals surface area contributed by atoms with Crippen LogP contribution in [0, 0.1) is 0 Å². The Kier molecular flexibility index (Phi) is 2.17. The monoisotopic (exact) mass is 271 g/mol. The van der Waals surface area contributed by atoms with Gasteiger partial charge >= 0.3 is 0 Å². The summed E-state index contributed by atoms with van der Waals surface area (Å²) >= 11 is 1.50. The first-order valence-corrected chi connectivity index (χ1v) is 7.10. The quantitative estimate of drug-likeness (QED) is 0.777. The first-order chi connectivity index (χ1) is 9.20. The molecular weight excluding hydrogens is 258 g/mol. The number of benzene rings is 1. The minimum atomic E-state index is 0.572. The molecule has 0 radical (unpaired) electrons. The van der Waals surface area contributed by atoms with Crippen LogP contribution in [0.3, 0.4) is 0 Å². The van der Waals surface area contributed by atoms with E-state index in [1.165, 1.54) is 24.2 Å². The Balaban J connectivity index is 1.84. The SMILES string of the molecule is Cn1nc(C2CC2)nc1-c1ccc2nc(N)sc2c1. The Morgan fingerprint density at radius 3 is 2.95 bits per heavy atom. The average Bonchev–Trinajstić information content (AvgIpc) is 3.06. The van der Waals surface area contributed by atoms with E-state index < -0.39 is 0 Å². The van der Waals surface area contributed by atoms with Crippen LogP contribution < -0.4 is 5.73 Å². The molecule has 0 bridgehead atoms. The van der Waals surface area contributed by atoms with Crippen LogP contribution in [-0.4, -0.2) is 19.7 Å². The number of aromatic nitrogens is 4. The predicted octanol–water partition coefficient (Wildman–Crippen LogP) is 2.55. The van der Waals surface area contributed by atoms with Crippen molar-refractivity contribution in [3.05, 3.63) is 24.0 Å². The molecule has 0 aliphatic heterocycles. The number of hydrogen-bond acceptors (Lipinski definition) is 5. The lowest BCUT2D eigenvalue weighted by Crippen LogP contribution is -1.94. The van der Waals surface area contributed by atoms with Gasteiger partial charge in [-0.25, -0.2) is 14.6 Å². The molecule has 1 fully saturated rings. The maximum absolute atomic E-state index is 5.74. The highest BCUT2D eigenvalue weighted by atomic mass is 32.1. The van der Waals surface area contributed by atoms with Gasteiger partial charge in [0, 0.05) is 18.5 Å². The molecule has 0 unspecified atom stereocenters. The van der Waals surface area contributed by atoms with Crippen molar-refractivity contribution in [1.82, 2.24) is 19.7 Å². The molecule has 1 saturated carbocycles. The van der Waals surface area contributed by atoms with E-state index in [-0.39, 0.29) is 0 Å². The predicted molar refractivity (Wildman–Crippen MR) is 76.0 cm³/mol. The summed E-state index contributed by atoms with van der Waals surface area (Å²) in [5.74, 6) is 2.46. The Morgan fingerprint density at radius 1 is 1.32 bits per heavy atom. The number of nitrogen functional groups attached to an aromatic ring is 1. The number of rotatable bonds is 2. The zero-order valence-electron chi connectivity index (χ0n) is 10.5. The topological polar surface area (TPSA) is 69.6 Å². The highest BCUT2D eigenvalue weighted by Crippen LogP contribution is 2.39. The second-order valence-electron chi connectivity index (χ2n) is 4.93. The molecular formula is C13H13N5S. The number of hydrogen-bond donors (Lipinski definition) is 1. The maximum Gasteiger partial charge on any atom is 0.181 e. The van der Waals surface area contributed by atoms with E-state index in [2.05, 4.69) is 21.1 Å². The molecule has 0 spiro atoms. The molecule has 96 valence electrons. The van der Waals surface area contributed by atoms with E-state index in [9.17, 15) is 0 Å². The van der Waals surface area contributed by atoms with Crippen molar-refractivity contribution in [3.8, 4) is 11.4 Å². The molecule has 1 aliphatic carbocycles. The first-order valence-electron chi connectivity index (χ1n) is 6.28. The molecule has 2 N–H and O–H groups in total. The van der Waals surface area contributed by atoms with Crippen molar-refractivity contribution in [3.63, 3.8) is 0 Å². The lowest BCUT2D eigenvalue weighted by molar-refractivity contribution is 0.750. The van der Waals surface area contributed by atoms with Gasteiger partial charge in [-0.05, 0) is 31.0 Å². The van der Waals surface area contributed by atoms with Gasteiger partial charge in [0.25, 0.3) is 0 Å². The molecule has 19 heavy (non-hydrogen) atoms. The fourth-order valence-electron chi connectivity index (χ4n) is 2.25. The minimum absolute atomic E-state index is 0.572. The van der Waals surface area contributed by atoms with E-state index in [1.54, 1.807) is 0 Å². The van der Waals surface area contributed by atoms with Crippen molar-refractivity contribution in [2.24, 2.45) is 7.05 Å². The smallest absolute Gasteiger partial charge is 0.181 e. The van der Waals surface area contributed by atoms with Crippen LogP contribution in [0.5, 0.6) is 0 Å². The lowest BCUT2D eigenvalue weighted by Gasteiger charge is -1.99. The normalized spacial score (nSPS) is 15.2. The Hall–Kier alpha value is -1.95. The molecule has 0 saturated heterocycles. The van der Waals surface area contributed by atoms with Crippen LogP contribution in [0.25, 0.3) is 21.6 Å². The maximum atomic E-state index is 5.74. The van der Waals surface area contributed by atoms with Crippen molar-refractivity contribution in [2.75, 3.05) is 5.73 Å². The molecule has 2 heterocycles. The van der Waals surface area contributed by atoms with Crippen LogP contribution >= 0.6 is 11.3 Å². The fourth-order valence-corrected chi connectivity index (χ4v) is 3.03. The third kappa shape index (κ3) is 1.79. The standard InChI is InChI=1S/C13H13N5S/c1-18-12(16-11(17-18)7-2-3-7)8-4-5-9-10(6-8)19-13(14)15-9/h4-7H,2-3H2,1H3,(H2,14,15). The minimum Gasteiger partial charge on any atom is -0.375 e. The second kappa shape index (κ2) is 3.77. The fraction of sp³-hybridized carbons (Fsp3) is 0.308. The van der Waals surface area contributed by atoms with Crippen molar-refractivity contribution < 1.29 is 0 Å². The van der Waals surface area contributed by atoms with Crippen LogP contribution in [0.2, 0.25) is 0 Å². The van der Waals surface area contributed by atoms with E-state index >= 15 is 0 Å². The number of aryl methyl sites for hydroxylation is 1. The molecule has 5 nitrogen and oxygen atoms in total. The van der Waals surface area contributed by atoms with Crippen LogP contribution in [0.15, 0.2) is 18.2 Å². The van der Waals surface area contributed by atoms with E-state index in [0.29, 0.717) is 11.0 Å². The highest BCUT2D eigenvalue weighted by molar-refractivity contribution is 7.22. The molecule has 3 aromatic rings. The summed E-state index contributed by atoms with van der Waals surface area (Å²) < 4.78 is 2.95. The van der Waals surface area contributed by atoms with E-state index in [1.807, 2.05) is 23.9 Å². The van der Waals surface area contributed by atoms with Gasteiger partial charge in [-0.1, -0.05) is 11.3 Å². The first kappa shape index (κ1) is 10.9. The van der Waals surface area contributed by atoms with Crippen LogP contribution in [-0.2, 0) is 7.05 Å². The van der Waals surface area contributed by atoms with Crippen LogP contribution in [0.1, 0.15) is 24.6 Å². The van der Waals surface area contributed by atoms with Gasteiger partial charge < -0.3 is 5.73 Å². The average molecular weight is 271 g/mol.